The zero-order valence-electron chi connectivity index (χ0n) is 32.6. The molecular formula is C45H41ClN4O8S. The van der Waals surface area contributed by atoms with E-state index in [0.29, 0.717) is 27.8 Å². The molecule has 6 atom stereocenters. The molecule has 1 saturated carbocycles. The van der Waals surface area contributed by atoms with E-state index >= 15 is 4.79 Å². The third-order valence-electron chi connectivity index (χ3n) is 12.9. The van der Waals surface area contributed by atoms with E-state index in [2.05, 4.69) is 0 Å². The largest absolute Gasteiger partial charge is 0.508 e. The Balaban J connectivity index is 1.11. The van der Waals surface area contributed by atoms with E-state index in [1.54, 1.807) is 43.5 Å². The fraction of sp³-hybridized carbons (Fsp3) is 0.333. The summed E-state index contributed by atoms with van der Waals surface area (Å²) in [5.74, 6) is -5.97. The number of carboxylic acid groups (broad SMARTS) is 1. The van der Waals surface area contributed by atoms with Crippen LogP contribution in [0.3, 0.4) is 0 Å². The Morgan fingerprint density at radius 2 is 1.78 bits per heavy atom. The molecule has 2 aromatic heterocycles. The van der Waals surface area contributed by atoms with Gasteiger partial charge in [-0.2, -0.15) is 5.10 Å². The number of phenols is 1. The minimum Gasteiger partial charge on any atom is -0.508 e. The number of amides is 4. The van der Waals surface area contributed by atoms with Gasteiger partial charge in [0.2, 0.25) is 23.6 Å². The quantitative estimate of drug-likeness (QED) is 0.107. The van der Waals surface area contributed by atoms with Crippen molar-refractivity contribution in [1.29, 1.82) is 0 Å². The smallest absolute Gasteiger partial charge is 0.303 e. The molecule has 2 aliphatic carbocycles. The number of aromatic nitrogens is 2. The normalized spacial score (nSPS) is 25.0. The zero-order chi connectivity index (χ0) is 41.5. The highest BCUT2D eigenvalue weighted by atomic mass is 35.5. The summed E-state index contributed by atoms with van der Waals surface area (Å²) < 4.78 is 8.58. The predicted octanol–water partition coefficient (Wildman–Crippen LogP) is 7.64. The van der Waals surface area contributed by atoms with Gasteiger partial charge in [0.05, 0.1) is 28.0 Å². The van der Waals surface area contributed by atoms with Gasteiger partial charge in [0.15, 0.2) is 0 Å². The van der Waals surface area contributed by atoms with E-state index in [0.717, 1.165) is 31.7 Å². The zero-order valence-corrected chi connectivity index (χ0v) is 34.1. The number of nitrogens with zero attached hydrogens (tertiary/aromatic N) is 4. The predicted molar refractivity (Wildman–Crippen MR) is 221 cm³/mol. The molecule has 12 nitrogen and oxygen atoms in total. The van der Waals surface area contributed by atoms with Crippen LogP contribution in [0.1, 0.15) is 55.2 Å². The molecule has 5 aromatic rings. The number of fused-ring (bicyclic) bond motifs is 5. The SMILES string of the molecule is Cc1c(-c2cc(N3C(=O)C4CC5C(=CCC6C(=O)N(CCCC(=O)O)C(=O)C65)C(c5ccc(OCc6ccccc6)cc5O)C4(C)C3=O)n(C)n2)sc2ccc(Cl)cc12. The molecule has 2 aliphatic heterocycles. The summed E-state index contributed by atoms with van der Waals surface area (Å²) in [6, 6.07) is 22.0. The maximum absolute atomic E-state index is 15.2. The van der Waals surface area contributed by atoms with E-state index in [1.807, 2.05) is 61.5 Å². The third kappa shape index (κ3) is 6.16. The molecule has 0 bridgehead atoms. The molecule has 4 heterocycles. The molecule has 4 aliphatic rings. The van der Waals surface area contributed by atoms with Crippen molar-refractivity contribution < 1.29 is 38.9 Å². The Labute approximate surface area is 348 Å². The molecule has 3 aromatic carbocycles. The number of carbonyl (C=O) groups excluding carboxylic acids is 4. The molecule has 6 unspecified atom stereocenters. The second-order valence-electron chi connectivity index (χ2n) is 16.2. The molecule has 302 valence electrons. The number of rotatable bonds is 10. The van der Waals surface area contributed by atoms with Gasteiger partial charge < -0.3 is 14.9 Å². The van der Waals surface area contributed by atoms with Gasteiger partial charge >= 0.3 is 5.97 Å². The highest BCUT2D eigenvalue weighted by Gasteiger charge is 2.68. The van der Waals surface area contributed by atoms with E-state index < -0.39 is 58.7 Å². The summed E-state index contributed by atoms with van der Waals surface area (Å²) in [5, 5.41) is 27.5. The van der Waals surface area contributed by atoms with Crippen molar-refractivity contribution in [2.75, 3.05) is 11.4 Å². The van der Waals surface area contributed by atoms with Gasteiger partial charge in [-0.1, -0.05) is 59.6 Å². The average Bonchev–Trinajstić information content (AvgIpc) is 3.88. The van der Waals surface area contributed by atoms with Crippen molar-refractivity contribution in [2.24, 2.45) is 36.1 Å². The number of likely N-dealkylation sites (tertiary alicyclic amines) is 1. The summed E-state index contributed by atoms with van der Waals surface area (Å²) in [4.78, 5) is 72.6. The van der Waals surface area contributed by atoms with Crippen molar-refractivity contribution in [2.45, 2.75) is 52.1 Å². The number of carboxylic acids is 1. The number of anilines is 1. The Morgan fingerprint density at radius 3 is 2.53 bits per heavy atom. The maximum atomic E-state index is 15.2. The van der Waals surface area contributed by atoms with Gasteiger partial charge in [-0.05, 0) is 79.8 Å². The first-order valence-electron chi connectivity index (χ1n) is 19.7. The molecule has 2 N–H and O–H groups in total. The van der Waals surface area contributed by atoms with E-state index in [-0.39, 0.29) is 50.5 Å². The average molecular weight is 833 g/mol. The Kier molecular flexibility index (Phi) is 9.51. The second-order valence-corrected chi connectivity index (χ2v) is 17.7. The number of hydrogen-bond acceptors (Lipinski definition) is 9. The van der Waals surface area contributed by atoms with Crippen LogP contribution < -0.4 is 9.64 Å². The van der Waals surface area contributed by atoms with Crippen LogP contribution in [-0.2, 0) is 37.6 Å². The first kappa shape index (κ1) is 38.7. The van der Waals surface area contributed by atoms with E-state index in [9.17, 15) is 29.4 Å². The highest BCUT2D eigenvalue weighted by molar-refractivity contribution is 7.22. The molecular weight excluding hydrogens is 792 g/mol. The number of imide groups is 2. The molecule has 9 rings (SSSR count). The molecule has 0 spiro atoms. The lowest BCUT2D eigenvalue weighted by atomic mass is 9.51. The molecule has 4 amide bonds. The topological polar surface area (TPSA) is 159 Å². The lowest BCUT2D eigenvalue weighted by Crippen LogP contribution is -2.49. The molecule has 2 saturated heterocycles. The number of allylic oxidation sites excluding steroid dienone is 2. The van der Waals surface area contributed by atoms with Gasteiger partial charge in [0.25, 0.3) is 0 Å². The van der Waals surface area contributed by atoms with Gasteiger partial charge in [0.1, 0.15) is 29.6 Å². The van der Waals surface area contributed by atoms with E-state index in [1.165, 1.54) is 20.5 Å². The Hall–Kier alpha value is -5.79. The third-order valence-corrected chi connectivity index (χ3v) is 14.4. The Bertz CT molecular complexity index is 2640. The van der Waals surface area contributed by atoms with Crippen LogP contribution >= 0.6 is 22.9 Å². The van der Waals surface area contributed by atoms with E-state index in [4.69, 9.17) is 21.4 Å². The monoisotopic (exact) mass is 832 g/mol. The number of phenolic OH excluding ortho intramolecular Hbond substituents is 1. The molecule has 14 heteroatoms. The van der Waals surface area contributed by atoms with Gasteiger partial charge in [-0.3, -0.25) is 33.6 Å². The lowest BCUT2D eigenvalue weighted by Gasteiger charge is -2.49. The summed E-state index contributed by atoms with van der Waals surface area (Å²) >= 11 is 7.87. The summed E-state index contributed by atoms with van der Waals surface area (Å²) in [5.41, 5.74) is 2.23. The molecule has 3 fully saturated rings. The number of benzene rings is 3. The van der Waals surface area contributed by atoms with Crippen molar-refractivity contribution in [1.82, 2.24) is 14.7 Å². The van der Waals surface area contributed by atoms with Gasteiger partial charge in [-0.15, -0.1) is 11.3 Å². The highest BCUT2D eigenvalue weighted by Crippen LogP contribution is 2.64. The van der Waals surface area contributed by atoms with Gasteiger partial charge in [0, 0.05) is 53.3 Å². The number of thiophene rings is 1. The van der Waals surface area contributed by atoms with Crippen LogP contribution in [0.2, 0.25) is 5.02 Å². The van der Waals surface area contributed by atoms with Crippen LogP contribution in [0.4, 0.5) is 5.82 Å². The summed E-state index contributed by atoms with van der Waals surface area (Å²) in [7, 11) is 1.69. The number of hydrogen-bond donors (Lipinski definition) is 2. The summed E-state index contributed by atoms with van der Waals surface area (Å²) in [6.07, 6.45) is 2.20. The second kappa shape index (κ2) is 14.5. The van der Waals surface area contributed by atoms with Gasteiger partial charge in [-0.25, -0.2) is 4.90 Å². The fourth-order valence-electron chi connectivity index (χ4n) is 10.1. The van der Waals surface area contributed by atoms with Crippen molar-refractivity contribution in [3.05, 3.63) is 106 Å². The van der Waals surface area contributed by atoms with Crippen molar-refractivity contribution >= 4 is 68.4 Å². The number of aliphatic carboxylic acids is 1. The lowest BCUT2D eigenvalue weighted by molar-refractivity contribution is -0.142. The van der Waals surface area contributed by atoms with Crippen molar-refractivity contribution in [3.63, 3.8) is 0 Å². The standard InChI is InChI=1S/C45H41ClN4O8S/c1-23-30-18-25(46)11-16-35(30)59-40(23)33-21-36(48(3)47-33)50-42(55)32-20-31-27(14-15-29-38(31)43(56)49(41(29)54)17-7-10-37(52)53)39(45(32,2)44(50)57)28-13-12-26(19-34(28)51)58-22-24-8-5-4-6-9-24/h4-6,8-9,11-14,16,18-19,21,29,31-32,38-39,51H,7,10,15,17,20,22H2,1-3H3,(H,52,53). The maximum Gasteiger partial charge on any atom is 0.303 e. The van der Waals surface area contributed by atoms with Crippen LogP contribution in [0, 0.1) is 36.0 Å². The Morgan fingerprint density at radius 1 is 1.00 bits per heavy atom. The first-order valence-corrected chi connectivity index (χ1v) is 20.8. The number of aryl methyl sites for hydroxylation is 2. The van der Waals surface area contributed by atoms with Crippen LogP contribution in [0.5, 0.6) is 11.5 Å². The van der Waals surface area contributed by atoms with Crippen LogP contribution in [0.25, 0.3) is 20.7 Å². The number of carbonyl (C=O) groups is 5. The first-order chi connectivity index (χ1) is 28.3. The van der Waals surface area contributed by atoms with Crippen LogP contribution in [-0.4, -0.2) is 61.0 Å². The fourth-order valence-corrected chi connectivity index (χ4v) is 11.4. The number of aromatic hydroxyl groups is 1. The number of ether oxygens (including phenoxy) is 1. The minimum atomic E-state index is -1.41. The summed E-state index contributed by atoms with van der Waals surface area (Å²) in [6.45, 7) is 4.00. The molecule has 59 heavy (non-hydrogen) atoms. The van der Waals surface area contributed by atoms with Crippen molar-refractivity contribution in [3.8, 4) is 22.1 Å². The van der Waals surface area contributed by atoms with Crippen LogP contribution in [0.15, 0.2) is 84.4 Å². The number of halogens is 1. The minimum absolute atomic E-state index is 0.0187. The molecule has 0 radical (unpaired) electrons.